The van der Waals surface area contributed by atoms with Gasteiger partial charge in [0.15, 0.2) is 0 Å². The molecule has 3 heteroatoms. The molecule has 0 fully saturated rings. The van der Waals surface area contributed by atoms with Gasteiger partial charge in [0.05, 0.1) is 11.5 Å². The number of aryl methyl sites for hydroxylation is 1. The molecule has 0 saturated carbocycles. The number of benzene rings is 1. The molecule has 2 atom stereocenters. The molecule has 0 radical (unpaired) electrons. The summed E-state index contributed by atoms with van der Waals surface area (Å²) in [4.78, 5) is 0. The van der Waals surface area contributed by atoms with Gasteiger partial charge in [0.1, 0.15) is 5.82 Å². The molecule has 0 aromatic heterocycles. The van der Waals surface area contributed by atoms with E-state index in [1.165, 1.54) is 6.07 Å². The van der Waals surface area contributed by atoms with Crippen molar-refractivity contribution < 1.29 is 9.50 Å². The van der Waals surface area contributed by atoms with E-state index in [4.69, 9.17) is 5.11 Å². The summed E-state index contributed by atoms with van der Waals surface area (Å²) in [6.07, 6.45) is 0. The summed E-state index contributed by atoms with van der Waals surface area (Å²) in [5.41, 5.74) is 0.309. The van der Waals surface area contributed by atoms with Crippen molar-refractivity contribution >= 4 is 0 Å². The maximum Gasteiger partial charge on any atom is 0.126 e. The minimum Gasteiger partial charge on any atom is -0.396 e. The third-order valence-corrected chi connectivity index (χ3v) is 3.26. The minimum absolute atomic E-state index is 0.0977. The lowest BCUT2D eigenvalue weighted by Crippen LogP contribution is -2.31. The molecule has 0 aliphatic carbocycles. The summed E-state index contributed by atoms with van der Waals surface area (Å²) in [7, 11) is 0. The van der Waals surface area contributed by atoms with Crippen LogP contribution in [-0.2, 0) is 5.41 Å². The van der Waals surface area contributed by atoms with E-state index in [1.807, 2.05) is 0 Å². The Hall–Kier alpha value is -1.40. The van der Waals surface area contributed by atoms with Gasteiger partial charge in [0, 0.05) is 12.5 Å². The average molecular weight is 221 g/mol. The van der Waals surface area contributed by atoms with Gasteiger partial charge in [-0.25, -0.2) is 4.39 Å². The average Bonchev–Trinajstić information content (AvgIpc) is 2.30. The number of aliphatic hydroxyl groups is 1. The lowest BCUT2D eigenvalue weighted by atomic mass is 9.74. The summed E-state index contributed by atoms with van der Waals surface area (Å²) >= 11 is 0. The van der Waals surface area contributed by atoms with Gasteiger partial charge in [-0.2, -0.15) is 5.26 Å². The molecule has 86 valence electrons. The molecule has 0 spiro atoms. The number of halogens is 1. The van der Waals surface area contributed by atoms with Crippen LogP contribution in [0.15, 0.2) is 18.2 Å². The Balaban J connectivity index is 3.24. The molecule has 0 bridgehead atoms. The molecule has 0 aliphatic rings. The monoisotopic (exact) mass is 221 g/mol. The van der Waals surface area contributed by atoms with Crippen LogP contribution in [0.5, 0.6) is 0 Å². The van der Waals surface area contributed by atoms with Crippen LogP contribution in [0.3, 0.4) is 0 Å². The van der Waals surface area contributed by atoms with Crippen LogP contribution < -0.4 is 0 Å². The summed E-state index contributed by atoms with van der Waals surface area (Å²) in [6, 6.07) is 6.95. The first-order valence-corrected chi connectivity index (χ1v) is 5.24. The van der Waals surface area contributed by atoms with Crippen LogP contribution >= 0.6 is 0 Å². The molecule has 1 aromatic carbocycles. The van der Waals surface area contributed by atoms with Crippen molar-refractivity contribution in [2.45, 2.75) is 26.2 Å². The Morgan fingerprint density at radius 3 is 2.62 bits per heavy atom. The zero-order valence-electron chi connectivity index (χ0n) is 9.79. The fraction of sp³-hybridized carbons (Fsp3) is 0.462. The van der Waals surface area contributed by atoms with Crippen molar-refractivity contribution in [2.75, 3.05) is 6.61 Å². The van der Waals surface area contributed by atoms with Crippen molar-refractivity contribution in [3.8, 4) is 6.07 Å². The van der Waals surface area contributed by atoms with E-state index in [0.29, 0.717) is 11.1 Å². The van der Waals surface area contributed by atoms with Gasteiger partial charge in [-0.15, -0.1) is 0 Å². The standard InChI is InChI=1S/C13H16FNO/c1-9-4-5-11(6-12(9)14)13(3,8-15)10(2)7-16/h4-6,10,16H,7H2,1-3H3. The van der Waals surface area contributed by atoms with Crippen LogP contribution in [0.1, 0.15) is 25.0 Å². The molecular weight excluding hydrogens is 205 g/mol. The number of nitriles is 1. The Kier molecular flexibility index (Phi) is 3.66. The molecule has 1 N–H and O–H groups in total. The second-order valence-corrected chi connectivity index (χ2v) is 4.36. The predicted molar refractivity (Wildman–Crippen MR) is 60.4 cm³/mol. The molecule has 2 unspecified atom stereocenters. The first-order valence-electron chi connectivity index (χ1n) is 5.24. The Morgan fingerprint density at radius 1 is 1.56 bits per heavy atom. The van der Waals surface area contributed by atoms with Gasteiger partial charge in [-0.05, 0) is 31.0 Å². The quantitative estimate of drug-likeness (QED) is 0.852. The smallest absolute Gasteiger partial charge is 0.126 e. The summed E-state index contributed by atoms with van der Waals surface area (Å²) < 4.78 is 13.4. The fourth-order valence-corrected chi connectivity index (χ4v) is 1.56. The third-order valence-electron chi connectivity index (χ3n) is 3.26. The molecule has 0 aliphatic heterocycles. The molecular formula is C13H16FNO. The summed E-state index contributed by atoms with van der Waals surface area (Å²) in [5, 5.41) is 18.4. The normalized spacial score (nSPS) is 16.2. The first-order chi connectivity index (χ1) is 7.45. The molecule has 0 amide bonds. The second kappa shape index (κ2) is 4.63. The van der Waals surface area contributed by atoms with E-state index in [-0.39, 0.29) is 18.3 Å². The second-order valence-electron chi connectivity index (χ2n) is 4.36. The number of nitrogens with zero attached hydrogens (tertiary/aromatic N) is 1. The van der Waals surface area contributed by atoms with E-state index in [9.17, 15) is 9.65 Å². The highest BCUT2D eigenvalue weighted by molar-refractivity contribution is 5.35. The lowest BCUT2D eigenvalue weighted by Gasteiger charge is -2.28. The van der Waals surface area contributed by atoms with Crippen molar-refractivity contribution in [2.24, 2.45) is 5.92 Å². The van der Waals surface area contributed by atoms with Gasteiger partial charge in [0.25, 0.3) is 0 Å². The maximum absolute atomic E-state index is 13.4. The Labute approximate surface area is 95.3 Å². The van der Waals surface area contributed by atoms with Crippen molar-refractivity contribution in [1.29, 1.82) is 5.26 Å². The summed E-state index contributed by atoms with van der Waals surface area (Å²) in [6.45, 7) is 5.08. The van der Waals surface area contributed by atoms with Crippen molar-refractivity contribution in [3.05, 3.63) is 35.1 Å². The van der Waals surface area contributed by atoms with Crippen molar-refractivity contribution in [3.63, 3.8) is 0 Å². The first kappa shape index (κ1) is 12.7. The van der Waals surface area contributed by atoms with Crippen molar-refractivity contribution in [1.82, 2.24) is 0 Å². The molecule has 0 heterocycles. The maximum atomic E-state index is 13.4. The highest BCUT2D eigenvalue weighted by Crippen LogP contribution is 2.32. The van der Waals surface area contributed by atoms with Crippen LogP contribution in [0, 0.1) is 30.0 Å². The van der Waals surface area contributed by atoms with Gasteiger partial charge in [-0.3, -0.25) is 0 Å². The van der Waals surface area contributed by atoms with Gasteiger partial charge < -0.3 is 5.11 Å². The van der Waals surface area contributed by atoms with Gasteiger partial charge in [-0.1, -0.05) is 19.1 Å². The zero-order valence-corrected chi connectivity index (χ0v) is 9.79. The highest BCUT2D eigenvalue weighted by atomic mass is 19.1. The van der Waals surface area contributed by atoms with E-state index in [1.54, 1.807) is 32.9 Å². The zero-order chi connectivity index (χ0) is 12.3. The molecule has 1 aromatic rings. The molecule has 2 nitrogen and oxygen atoms in total. The van der Waals surface area contributed by atoms with Crippen LogP contribution in [0.25, 0.3) is 0 Å². The Bertz CT molecular complexity index is 424. The number of hydrogen-bond donors (Lipinski definition) is 1. The Morgan fingerprint density at radius 2 is 2.19 bits per heavy atom. The fourth-order valence-electron chi connectivity index (χ4n) is 1.56. The number of hydrogen-bond acceptors (Lipinski definition) is 2. The largest absolute Gasteiger partial charge is 0.396 e. The molecule has 1 rings (SSSR count). The van der Waals surface area contributed by atoms with Gasteiger partial charge in [0.2, 0.25) is 0 Å². The van der Waals surface area contributed by atoms with Crippen LogP contribution in [0.2, 0.25) is 0 Å². The van der Waals surface area contributed by atoms with Gasteiger partial charge >= 0.3 is 0 Å². The third kappa shape index (κ3) is 2.07. The molecule has 0 saturated heterocycles. The number of rotatable bonds is 3. The van der Waals surface area contributed by atoms with E-state index < -0.39 is 5.41 Å². The molecule has 16 heavy (non-hydrogen) atoms. The topological polar surface area (TPSA) is 44.0 Å². The lowest BCUT2D eigenvalue weighted by molar-refractivity contribution is 0.197. The van der Waals surface area contributed by atoms with E-state index >= 15 is 0 Å². The minimum atomic E-state index is -0.858. The number of aliphatic hydroxyl groups excluding tert-OH is 1. The van der Waals surface area contributed by atoms with E-state index in [2.05, 4.69) is 6.07 Å². The predicted octanol–water partition coefficient (Wildman–Crippen LogP) is 2.54. The summed E-state index contributed by atoms with van der Waals surface area (Å²) in [5.74, 6) is -0.552. The highest BCUT2D eigenvalue weighted by Gasteiger charge is 2.33. The SMILES string of the molecule is Cc1ccc(C(C)(C#N)C(C)CO)cc1F. The van der Waals surface area contributed by atoms with Crippen LogP contribution in [0.4, 0.5) is 4.39 Å². The van der Waals surface area contributed by atoms with Crippen LogP contribution in [-0.4, -0.2) is 11.7 Å². The van der Waals surface area contributed by atoms with E-state index in [0.717, 1.165) is 0 Å².